The number of aromatic nitrogens is 2. The van der Waals surface area contributed by atoms with Crippen LogP contribution in [0.4, 0.5) is 4.39 Å². The second-order valence-corrected chi connectivity index (χ2v) is 5.99. The molecule has 1 aromatic heterocycles. The average molecular weight is 333 g/mol. The molecule has 6 nitrogen and oxygen atoms in total. The molecule has 1 saturated heterocycles. The first kappa shape index (κ1) is 16.6. The molecule has 0 aliphatic carbocycles. The van der Waals surface area contributed by atoms with Gasteiger partial charge in [0.1, 0.15) is 11.9 Å². The van der Waals surface area contributed by atoms with Gasteiger partial charge in [0.2, 0.25) is 5.89 Å². The van der Waals surface area contributed by atoms with Gasteiger partial charge in [-0.1, -0.05) is 17.3 Å². The Labute approximate surface area is 139 Å². The molecule has 2 atom stereocenters. The molecule has 1 aliphatic heterocycles. The number of carbonyl (C=O) groups is 1. The van der Waals surface area contributed by atoms with Crippen molar-refractivity contribution in [1.29, 1.82) is 0 Å². The van der Waals surface area contributed by atoms with Crippen molar-refractivity contribution in [2.24, 2.45) is 0 Å². The average Bonchev–Trinajstić information content (AvgIpc) is 3.03. The highest BCUT2D eigenvalue weighted by atomic mass is 19.1. The number of ether oxygens (including phenoxy) is 1. The number of nitrogens with zero attached hydrogens (tertiary/aromatic N) is 3. The molecular weight excluding hydrogens is 313 g/mol. The van der Waals surface area contributed by atoms with Gasteiger partial charge in [-0.3, -0.25) is 4.90 Å². The van der Waals surface area contributed by atoms with Crippen molar-refractivity contribution < 1.29 is 18.4 Å². The first-order valence-corrected chi connectivity index (χ1v) is 7.96. The molecule has 0 spiro atoms. The van der Waals surface area contributed by atoms with E-state index in [2.05, 4.69) is 10.1 Å². The van der Waals surface area contributed by atoms with Crippen LogP contribution < -0.4 is 0 Å². The van der Waals surface area contributed by atoms with E-state index in [9.17, 15) is 9.18 Å². The van der Waals surface area contributed by atoms with Gasteiger partial charge in [-0.25, -0.2) is 9.18 Å². The van der Waals surface area contributed by atoms with Gasteiger partial charge in [0.15, 0.2) is 5.82 Å². The highest BCUT2D eigenvalue weighted by Gasteiger charge is 2.34. The van der Waals surface area contributed by atoms with Crippen molar-refractivity contribution in [2.75, 3.05) is 20.2 Å². The fourth-order valence-electron chi connectivity index (χ4n) is 3.17. The maximum Gasteiger partial charge on any atom is 0.327 e. The minimum Gasteiger partial charge on any atom is -0.468 e. The summed E-state index contributed by atoms with van der Waals surface area (Å²) >= 11 is 0. The number of esters is 1. The number of hydrogen-bond donors (Lipinski definition) is 0. The molecule has 2 heterocycles. The fourth-order valence-corrected chi connectivity index (χ4v) is 3.17. The van der Waals surface area contributed by atoms with Crippen molar-refractivity contribution >= 4 is 5.97 Å². The number of likely N-dealkylation sites (tertiary alicyclic amines) is 1. The molecule has 0 radical (unpaired) electrons. The van der Waals surface area contributed by atoms with Crippen LogP contribution in [0.1, 0.15) is 42.1 Å². The van der Waals surface area contributed by atoms with E-state index in [1.54, 1.807) is 19.1 Å². The highest BCUT2D eigenvalue weighted by Crippen LogP contribution is 2.32. The minimum absolute atomic E-state index is 0.0764. The SMILES string of the molecule is COC(=O)[C@@H](c1ccc(F)cc1)N1CCC[C@@H](c2nc(C)no2)C1. The summed E-state index contributed by atoms with van der Waals surface area (Å²) in [6, 6.07) is 5.39. The van der Waals surface area contributed by atoms with Crippen LogP contribution in [0.3, 0.4) is 0 Å². The zero-order chi connectivity index (χ0) is 17.1. The summed E-state index contributed by atoms with van der Waals surface area (Å²) in [5.74, 6) is 0.585. The summed E-state index contributed by atoms with van der Waals surface area (Å²) in [7, 11) is 1.36. The van der Waals surface area contributed by atoms with Gasteiger partial charge >= 0.3 is 5.97 Å². The number of methoxy groups -OCH3 is 1. The highest BCUT2D eigenvalue weighted by molar-refractivity contribution is 5.77. The van der Waals surface area contributed by atoms with Crippen molar-refractivity contribution in [1.82, 2.24) is 15.0 Å². The Hall–Kier alpha value is -2.28. The summed E-state index contributed by atoms with van der Waals surface area (Å²) in [6.45, 7) is 3.14. The zero-order valence-electron chi connectivity index (χ0n) is 13.7. The number of piperidine rings is 1. The van der Waals surface area contributed by atoms with Gasteiger partial charge in [0.25, 0.3) is 0 Å². The Bertz CT molecular complexity index is 701. The molecule has 0 unspecified atom stereocenters. The predicted molar refractivity (Wildman–Crippen MR) is 83.7 cm³/mol. The van der Waals surface area contributed by atoms with Crippen LogP contribution in [0.5, 0.6) is 0 Å². The minimum atomic E-state index is -0.567. The first-order valence-electron chi connectivity index (χ1n) is 7.96. The largest absolute Gasteiger partial charge is 0.468 e. The molecule has 2 aromatic rings. The molecule has 24 heavy (non-hydrogen) atoms. The van der Waals surface area contributed by atoms with Crippen molar-refractivity contribution in [3.8, 4) is 0 Å². The third-order valence-corrected chi connectivity index (χ3v) is 4.32. The molecule has 3 rings (SSSR count). The quantitative estimate of drug-likeness (QED) is 0.801. The van der Waals surface area contributed by atoms with Crippen molar-refractivity contribution in [3.05, 3.63) is 47.4 Å². The Balaban J connectivity index is 1.84. The molecule has 0 amide bonds. The van der Waals surface area contributed by atoms with Crippen LogP contribution in [0.2, 0.25) is 0 Å². The fraction of sp³-hybridized carbons (Fsp3) is 0.471. The summed E-state index contributed by atoms with van der Waals surface area (Å²) in [5, 5.41) is 3.84. The number of aryl methyl sites for hydroxylation is 1. The standard InChI is InChI=1S/C17H20FN3O3/c1-11-19-16(24-20-11)13-4-3-9-21(10-13)15(17(22)23-2)12-5-7-14(18)8-6-12/h5-8,13,15H,3-4,9-10H2,1-2H3/t13-,15-/m1/s1. The van der Waals surface area contributed by atoms with Gasteiger partial charge in [-0.15, -0.1) is 0 Å². The van der Waals surface area contributed by atoms with Gasteiger partial charge < -0.3 is 9.26 Å². The van der Waals surface area contributed by atoms with E-state index in [-0.39, 0.29) is 17.7 Å². The third-order valence-electron chi connectivity index (χ3n) is 4.32. The second-order valence-electron chi connectivity index (χ2n) is 5.99. The Morgan fingerprint density at radius 3 is 2.79 bits per heavy atom. The van der Waals surface area contributed by atoms with Crippen LogP contribution >= 0.6 is 0 Å². The summed E-state index contributed by atoms with van der Waals surface area (Å²) in [4.78, 5) is 18.7. The molecule has 7 heteroatoms. The van der Waals surface area contributed by atoms with E-state index in [1.807, 2.05) is 4.90 Å². The molecule has 1 aliphatic rings. The van der Waals surface area contributed by atoms with Gasteiger partial charge in [-0.05, 0) is 44.0 Å². The Morgan fingerprint density at radius 1 is 1.42 bits per heavy atom. The Morgan fingerprint density at radius 2 is 2.17 bits per heavy atom. The summed E-state index contributed by atoms with van der Waals surface area (Å²) in [6.07, 6.45) is 1.83. The predicted octanol–water partition coefficient (Wildman–Crippen LogP) is 2.61. The van der Waals surface area contributed by atoms with Crippen LogP contribution in [-0.4, -0.2) is 41.2 Å². The molecule has 0 bridgehead atoms. The van der Waals surface area contributed by atoms with E-state index in [1.165, 1.54) is 19.2 Å². The lowest BCUT2D eigenvalue weighted by Crippen LogP contribution is -2.41. The third kappa shape index (κ3) is 3.46. The van der Waals surface area contributed by atoms with Crippen LogP contribution in [0, 0.1) is 12.7 Å². The van der Waals surface area contributed by atoms with Crippen molar-refractivity contribution in [3.63, 3.8) is 0 Å². The van der Waals surface area contributed by atoms with Gasteiger partial charge in [0.05, 0.1) is 13.0 Å². The molecule has 1 aromatic carbocycles. The van der Waals surface area contributed by atoms with E-state index < -0.39 is 6.04 Å². The summed E-state index contributed by atoms with van der Waals surface area (Å²) < 4.78 is 23.5. The van der Waals surface area contributed by atoms with Crippen molar-refractivity contribution in [2.45, 2.75) is 31.7 Å². The van der Waals surface area contributed by atoms with E-state index in [4.69, 9.17) is 9.26 Å². The number of halogens is 1. The smallest absolute Gasteiger partial charge is 0.327 e. The monoisotopic (exact) mass is 333 g/mol. The van der Waals surface area contributed by atoms with Gasteiger partial charge in [0, 0.05) is 6.54 Å². The maximum absolute atomic E-state index is 13.2. The lowest BCUT2D eigenvalue weighted by Gasteiger charge is -2.35. The number of hydrogen-bond acceptors (Lipinski definition) is 6. The topological polar surface area (TPSA) is 68.5 Å². The zero-order valence-corrected chi connectivity index (χ0v) is 13.7. The maximum atomic E-state index is 13.2. The number of benzene rings is 1. The number of rotatable bonds is 4. The van der Waals surface area contributed by atoms with Crippen LogP contribution in [0.25, 0.3) is 0 Å². The normalized spacial score (nSPS) is 19.9. The molecule has 128 valence electrons. The lowest BCUT2D eigenvalue weighted by atomic mass is 9.94. The number of carbonyl (C=O) groups excluding carboxylic acids is 1. The van der Waals surface area contributed by atoms with E-state index >= 15 is 0 Å². The van der Waals surface area contributed by atoms with Crippen LogP contribution in [0.15, 0.2) is 28.8 Å². The summed E-state index contributed by atoms with van der Waals surface area (Å²) in [5.41, 5.74) is 0.714. The lowest BCUT2D eigenvalue weighted by molar-refractivity contribution is -0.148. The van der Waals surface area contributed by atoms with Crippen LogP contribution in [-0.2, 0) is 9.53 Å². The first-order chi connectivity index (χ1) is 11.6. The molecular formula is C17H20FN3O3. The molecule has 0 N–H and O–H groups in total. The molecule has 1 fully saturated rings. The second kappa shape index (κ2) is 7.09. The molecule has 0 saturated carbocycles. The Kier molecular flexibility index (Phi) is 4.89. The van der Waals surface area contributed by atoms with E-state index in [0.717, 1.165) is 19.4 Å². The van der Waals surface area contributed by atoms with E-state index in [0.29, 0.717) is 23.8 Å². The van der Waals surface area contributed by atoms with Gasteiger partial charge in [-0.2, -0.15) is 4.98 Å².